The number of benzene rings is 1. The summed E-state index contributed by atoms with van der Waals surface area (Å²) in [6.45, 7) is 6.28. The summed E-state index contributed by atoms with van der Waals surface area (Å²) in [6.07, 6.45) is 1.71. The van der Waals surface area contributed by atoms with Crippen LogP contribution in [-0.4, -0.2) is 29.9 Å². The summed E-state index contributed by atoms with van der Waals surface area (Å²) in [6, 6.07) is 11.4. The quantitative estimate of drug-likeness (QED) is 0.523. The molecule has 0 N–H and O–H groups in total. The first-order valence-corrected chi connectivity index (χ1v) is 12.0. The Morgan fingerprint density at radius 2 is 1.86 bits per heavy atom. The van der Waals surface area contributed by atoms with Crippen LogP contribution in [0.25, 0.3) is 0 Å². The fraction of sp³-hybridized carbons (Fsp3) is 0.381. The number of aromatic nitrogens is 2. The molecule has 0 aliphatic carbocycles. The Kier molecular flexibility index (Phi) is 6.69. The second-order valence-corrected chi connectivity index (χ2v) is 10.2. The predicted octanol–water partition coefficient (Wildman–Crippen LogP) is 4.21. The Hall–Kier alpha value is -1.96. The zero-order chi connectivity index (χ0) is 20.1. The number of hydrogen-bond acceptors (Lipinski definition) is 5. The molecule has 2 aromatic heterocycles. The molecule has 0 radical (unpaired) electrons. The molecule has 0 unspecified atom stereocenters. The van der Waals surface area contributed by atoms with Crippen LogP contribution in [0.15, 0.2) is 58.5 Å². The van der Waals surface area contributed by atoms with E-state index in [9.17, 15) is 8.42 Å². The molecule has 3 rings (SSSR count). The van der Waals surface area contributed by atoms with Crippen molar-refractivity contribution < 1.29 is 8.42 Å². The van der Waals surface area contributed by atoms with Crippen LogP contribution in [0.2, 0.25) is 0 Å². The van der Waals surface area contributed by atoms with Gasteiger partial charge in [-0.2, -0.15) is 11.3 Å². The third kappa shape index (κ3) is 5.31. The lowest BCUT2D eigenvalue weighted by atomic mass is 10.2. The largest absolute Gasteiger partial charge is 0.317 e. The molecular formula is C21H27N3O2S2. The summed E-state index contributed by atoms with van der Waals surface area (Å²) in [5, 5.41) is 4.38. The van der Waals surface area contributed by atoms with E-state index in [1.807, 2.05) is 41.9 Å². The number of hydrogen-bond donors (Lipinski definition) is 0. The second-order valence-electron chi connectivity index (χ2n) is 7.59. The van der Waals surface area contributed by atoms with Gasteiger partial charge in [0.1, 0.15) is 0 Å². The van der Waals surface area contributed by atoms with E-state index in [1.54, 1.807) is 17.5 Å². The van der Waals surface area contributed by atoms with E-state index in [4.69, 9.17) is 0 Å². The molecule has 0 atom stereocenters. The van der Waals surface area contributed by atoms with Gasteiger partial charge < -0.3 is 4.57 Å². The average molecular weight is 418 g/mol. The molecule has 2 heterocycles. The van der Waals surface area contributed by atoms with E-state index in [0.29, 0.717) is 19.0 Å². The summed E-state index contributed by atoms with van der Waals surface area (Å²) in [5.74, 6) is 0.286. The summed E-state index contributed by atoms with van der Waals surface area (Å²) in [7, 11) is -1.48. The Labute approximate surface area is 171 Å². The van der Waals surface area contributed by atoms with Gasteiger partial charge in [-0.15, -0.1) is 0 Å². The SMILES string of the molecule is CC(C)Cn1c(CN(C)Cc2ccsc2)cnc1S(=O)(=O)Cc1ccccc1. The van der Waals surface area contributed by atoms with Gasteiger partial charge >= 0.3 is 0 Å². The summed E-state index contributed by atoms with van der Waals surface area (Å²) in [5.41, 5.74) is 2.97. The molecule has 0 amide bonds. The summed E-state index contributed by atoms with van der Waals surface area (Å²) >= 11 is 1.68. The molecule has 0 saturated carbocycles. The number of nitrogens with zero attached hydrogens (tertiary/aromatic N) is 3. The van der Waals surface area contributed by atoms with Crippen molar-refractivity contribution in [3.8, 4) is 0 Å². The molecule has 0 bridgehead atoms. The van der Waals surface area contributed by atoms with E-state index in [1.165, 1.54) is 5.56 Å². The molecule has 5 nitrogen and oxygen atoms in total. The molecule has 0 fully saturated rings. The van der Waals surface area contributed by atoms with Crippen LogP contribution in [0.3, 0.4) is 0 Å². The highest BCUT2D eigenvalue weighted by molar-refractivity contribution is 7.90. The molecule has 3 aromatic rings. The molecule has 28 heavy (non-hydrogen) atoms. The van der Waals surface area contributed by atoms with E-state index in [2.05, 4.69) is 40.6 Å². The van der Waals surface area contributed by atoms with Crippen molar-refractivity contribution in [2.45, 2.75) is 44.4 Å². The highest BCUT2D eigenvalue weighted by atomic mass is 32.2. The normalized spacial score (nSPS) is 12.2. The smallest absolute Gasteiger partial charge is 0.228 e. The van der Waals surface area contributed by atoms with Crippen molar-refractivity contribution >= 4 is 21.2 Å². The molecule has 0 aliphatic rings. The first-order valence-electron chi connectivity index (χ1n) is 9.36. The lowest BCUT2D eigenvalue weighted by Crippen LogP contribution is -2.22. The third-order valence-corrected chi connectivity index (χ3v) is 6.72. The van der Waals surface area contributed by atoms with Gasteiger partial charge in [-0.1, -0.05) is 44.2 Å². The third-order valence-electron chi connectivity index (χ3n) is 4.39. The molecule has 150 valence electrons. The molecule has 7 heteroatoms. The Bertz CT molecular complexity index is 978. The van der Waals surface area contributed by atoms with Crippen LogP contribution in [0, 0.1) is 5.92 Å². The van der Waals surface area contributed by atoms with E-state index in [0.717, 1.165) is 17.8 Å². The van der Waals surface area contributed by atoms with Gasteiger partial charge in [-0.05, 0) is 40.9 Å². The zero-order valence-corrected chi connectivity index (χ0v) is 18.2. The van der Waals surface area contributed by atoms with Crippen LogP contribution in [0.5, 0.6) is 0 Å². The van der Waals surface area contributed by atoms with Crippen LogP contribution >= 0.6 is 11.3 Å². The predicted molar refractivity (Wildman–Crippen MR) is 114 cm³/mol. The average Bonchev–Trinajstić information content (AvgIpc) is 3.26. The fourth-order valence-electron chi connectivity index (χ4n) is 3.21. The molecule has 0 spiro atoms. The second kappa shape index (κ2) is 9.03. The minimum absolute atomic E-state index is 0.0346. The molecule has 0 saturated heterocycles. The van der Waals surface area contributed by atoms with Gasteiger partial charge in [0.15, 0.2) is 0 Å². The van der Waals surface area contributed by atoms with Crippen molar-refractivity contribution in [2.75, 3.05) is 7.05 Å². The van der Waals surface area contributed by atoms with Gasteiger partial charge in [-0.3, -0.25) is 4.90 Å². The Balaban J connectivity index is 1.85. The Morgan fingerprint density at radius 1 is 1.11 bits per heavy atom. The number of imidazole rings is 1. The van der Waals surface area contributed by atoms with E-state index < -0.39 is 9.84 Å². The van der Waals surface area contributed by atoms with E-state index >= 15 is 0 Å². The highest BCUT2D eigenvalue weighted by Crippen LogP contribution is 2.20. The van der Waals surface area contributed by atoms with Crippen molar-refractivity contribution in [1.29, 1.82) is 0 Å². The maximum absolute atomic E-state index is 13.1. The van der Waals surface area contributed by atoms with Crippen LogP contribution < -0.4 is 0 Å². The first kappa shape index (κ1) is 20.8. The van der Waals surface area contributed by atoms with Crippen LogP contribution in [0.1, 0.15) is 30.7 Å². The summed E-state index contributed by atoms with van der Waals surface area (Å²) < 4.78 is 28.0. The monoisotopic (exact) mass is 417 g/mol. The number of sulfone groups is 1. The van der Waals surface area contributed by atoms with Gasteiger partial charge in [0.2, 0.25) is 15.0 Å². The minimum Gasteiger partial charge on any atom is -0.317 e. The maximum Gasteiger partial charge on any atom is 0.228 e. The maximum atomic E-state index is 13.1. The van der Waals surface area contributed by atoms with Crippen molar-refractivity contribution in [1.82, 2.24) is 14.5 Å². The van der Waals surface area contributed by atoms with Crippen molar-refractivity contribution in [3.05, 3.63) is 70.2 Å². The Morgan fingerprint density at radius 3 is 2.50 bits per heavy atom. The first-order chi connectivity index (χ1) is 13.3. The number of rotatable bonds is 9. The lowest BCUT2D eigenvalue weighted by molar-refractivity contribution is 0.304. The van der Waals surface area contributed by atoms with Gasteiger partial charge in [0.05, 0.1) is 17.6 Å². The van der Waals surface area contributed by atoms with Crippen molar-refractivity contribution in [3.63, 3.8) is 0 Å². The van der Waals surface area contributed by atoms with Crippen molar-refractivity contribution in [2.24, 2.45) is 5.92 Å². The highest BCUT2D eigenvalue weighted by Gasteiger charge is 2.24. The van der Waals surface area contributed by atoms with Gasteiger partial charge in [0.25, 0.3) is 0 Å². The zero-order valence-electron chi connectivity index (χ0n) is 16.6. The minimum atomic E-state index is -3.52. The molecule has 1 aromatic carbocycles. The van der Waals surface area contributed by atoms with E-state index in [-0.39, 0.29) is 10.9 Å². The molecular weight excluding hydrogens is 390 g/mol. The topological polar surface area (TPSA) is 55.2 Å². The summed E-state index contributed by atoms with van der Waals surface area (Å²) in [4.78, 5) is 6.52. The van der Waals surface area contributed by atoms with Crippen LogP contribution in [0.4, 0.5) is 0 Å². The standard InChI is InChI=1S/C21H27N3O2S2/c1-17(2)12-24-20(14-23(3)13-19-9-10-27-15-19)11-22-21(24)28(25,26)16-18-7-5-4-6-8-18/h4-11,15,17H,12-14,16H2,1-3H3. The molecule has 0 aliphatic heterocycles. The fourth-order valence-corrected chi connectivity index (χ4v) is 5.37. The lowest BCUT2D eigenvalue weighted by Gasteiger charge is -2.19. The number of thiophene rings is 1. The van der Waals surface area contributed by atoms with Gasteiger partial charge in [0, 0.05) is 19.6 Å². The van der Waals surface area contributed by atoms with Crippen LogP contribution in [-0.2, 0) is 35.2 Å². The van der Waals surface area contributed by atoms with Gasteiger partial charge in [-0.25, -0.2) is 13.4 Å².